The zero-order valence-corrected chi connectivity index (χ0v) is 21.7. The Hall–Kier alpha value is -4.50. The molecule has 3 heteroatoms. The summed E-state index contributed by atoms with van der Waals surface area (Å²) < 4.78 is 12.8. The number of furan rings is 2. The Balaban J connectivity index is 1.16. The third-order valence-electron chi connectivity index (χ3n) is 8.48. The van der Waals surface area contributed by atoms with E-state index in [-0.39, 0.29) is 0 Å². The highest BCUT2D eigenvalue weighted by Crippen LogP contribution is 2.42. The molecule has 0 bridgehead atoms. The van der Waals surface area contributed by atoms with Gasteiger partial charge in [0.25, 0.3) is 0 Å². The van der Waals surface area contributed by atoms with Crippen molar-refractivity contribution in [3.8, 4) is 11.1 Å². The first-order valence-corrected chi connectivity index (χ1v) is 14.0. The SMILES string of the molecule is c1ccc(-c2cc(NC3CCCC(c4cccc5c4oc4ccccc45)C3)cc3c2oc2ccccc23)cc1. The Labute approximate surface area is 227 Å². The molecule has 2 unspecified atom stereocenters. The van der Waals surface area contributed by atoms with Crippen LogP contribution in [0.1, 0.15) is 37.2 Å². The highest BCUT2D eigenvalue weighted by atomic mass is 16.3. The van der Waals surface area contributed by atoms with Crippen LogP contribution in [0.3, 0.4) is 0 Å². The Bertz CT molecular complexity index is 1960. The molecule has 1 aliphatic carbocycles. The standard InChI is InChI=1S/C36H29NO2/c1-2-10-23(11-3-1)31-21-26(22-32-29-15-5-7-19-34(29)39-36(31)32)37-25-13-8-12-24(20-25)27-16-9-17-30-28-14-4-6-18-33(28)38-35(27)30/h1-7,9-11,14-19,21-22,24-25,37H,8,12-13,20H2. The molecule has 7 aromatic rings. The monoisotopic (exact) mass is 507 g/mol. The van der Waals surface area contributed by atoms with E-state index in [0.29, 0.717) is 12.0 Å². The molecule has 1 aliphatic rings. The molecular weight excluding hydrogens is 478 g/mol. The Kier molecular flexibility index (Phi) is 5.22. The van der Waals surface area contributed by atoms with E-state index < -0.39 is 0 Å². The first-order valence-electron chi connectivity index (χ1n) is 14.0. The fraction of sp³-hybridized carbons (Fsp3) is 0.167. The average Bonchev–Trinajstić information content (AvgIpc) is 3.56. The van der Waals surface area contributed by atoms with Crippen LogP contribution in [0.2, 0.25) is 0 Å². The van der Waals surface area contributed by atoms with Crippen molar-refractivity contribution in [3.05, 3.63) is 115 Å². The van der Waals surface area contributed by atoms with Gasteiger partial charge in [-0.25, -0.2) is 0 Å². The number of benzene rings is 5. The molecule has 2 heterocycles. The van der Waals surface area contributed by atoms with Crippen LogP contribution in [0.5, 0.6) is 0 Å². The molecule has 0 aliphatic heterocycles. The third-order valence-corrected chi connectivity index (χ3v) is 8.48. The van der Waals surface area contributed by atoms with Gasteiger partial charge in [0.05, 0.1) is 0 Å². The first kappa shape index (κ1) is 22.5. The van der Waals surface area contributed by atoms with Gasteiger partial charge in [-0.1, -0.05) is 91.3 Å². The highest BCUT2D eigenvalue weighted by Gasteiger charge is 2.26. The molecule has 3 nitrogen and oxygen atoms in total. The van der Waals surface area contributed by atoms with E-state index in [1.54, 1.807) is 0 Å². The van der Waals surface area contributed by atoms with Crippen LogP contribution in [0.15, 0.2) is 118 Å². The summed E-state index contributed by atoms with van der Waals surface area (Å²) in [7, 11) is 0. The lowest BCUT2D eigenvalue weighted by atomic mass is 9.80. The van der Waals surface area contributed by atoms with Gasteiger partial charge in [0.2, 0.25) is 0 Å². The van der Waals surface area contributed by atoms with Crippen LogP contribution in [-0.4, -0.2) is 6.04 Å². The molecule has 8 rings (SSSR count). The maximum atomic E-state index is 6.40. The molecule has 190 valence electrons. The summed E-state index contributed by atoms with van der Waals surface area (Å²) in [5.74, 6) is 0.465. The summed E-state index contributed by atoms with van der Waals surface area (Å²) >= 11 is 0. The largest absolute Gasteiger partial charge is 0.456 e. The topological polar surface area (TPSA) is 38.3 Å². The number of para-hydroxylation sites is 3. The number of rotatable bonds is 4. The molecule has 1 saturated carbocycles. The molecule has 2 atom stereocenters. The van der Waals surface area contributed by atoms with Gasteiger partial charge >= 0.3 is 0 Å². The lowest BCUT2D eigenvalue weighted by Gasteiger charge is -2.31. The van der Waals surface area contributed by atoms with Gasteiger partial charge in [0, 0.05) is 38.8 Å². The molecule has 0 saturated heterocycles. The van der Waals surface area contributed by atoms with E-state index in [2.05, 4.69) is 108 Å². The zero-order chi connectivity index (χ0) is 25.8. The van der Waals surface area contributed by atoms with Crippen LogP contribution < -0.4 is 5.32 Å². The second-order valence-electron chi connectivity index (χ2n) is 10.9. The minimum Gasteiger partial charge on any atom is -0.456 e. The number of hydrogen-bond acceptors (Lipinski definition) is 3. The van der Waals surface area contributed by atoms with E-state index in [9.17, 15) is 0 Å². The quantitative estimate of drug-likeness (QED) is 0.257. The number of anilines is 1. The van der Waals surface area contributed by atoms with Crippen molar-refractivity contribution in [1.29, 1.82) is 0 Å². The van der Waals surface area contributed by atoms with Crippen molar-refractivity contribution >= 4 is 49.6 Å². The summed E-state index contributed by atoms with van der Waals surface area (Å²) in [6, 6.07) is 38.9. The van der Waals surface area contributed by atoms with Gasteiger partial charge in [0.15, 0.2) is 0 Å². The predicted molar refractivity (Wildman–Crippen MR) is 161 cm³/mol. The Morgan fingerprint density at radius 2 is 1.28 bits per heavy atom. The van der Waals surface area contributed by atoms with Crippen molar-refractivity contribution < 1.29 is 8.83 Å². The fourth-order valence-electron chi connectivity index (χ4n) is 6.67. The normalized spacial score (nSPS) is 17.8. The maximum absolute atomic E-state index is 6.40. The van der Waals surface area contributed by atoms with Gasteiger partial charge in [-0.3, -0.25) is 0 Å². The highest BCUT2D eigenvalue weighted by molar-refractivity contribution is 6.11. The van der Waals surface area contributed by atoms with Crippen LogP contribution in [0, 0.1) is 0 Å². The molecule has 2 aromatic heterocycles. The van der Waals surface area contributed by atoms with Crippen LogP contribution >= 0.6 is 0 Å². The van der Waals surface area contributed by atoms with Crippen molar-refractivity contribution in [1.82, 2.24) is 0 Å². The van der Waals surface area contributed by atoms with Crippen molar-refractivity contribution in [2.75, 3.05) is 5.32 Å². The molecule has 39 heavy (non-hydrogen) atoms. The molecule has 0 amide bonds. The van der Waals surface area contributed by atoms with Gasteiger partial charge in [-0.2, -0.15) is 0 Å². The van der Waals surface area contributed by atoms with E-state index >= 15 is 0 Å². The van der Waals surface area contributed by atoms with E-state index in [1.165, 1.54) is 34.7 Å². The first-order chi connectivity index (χ1) is 19.3. The third kappa shape index (κ3) is 3.80. The number of nitrogens with one attached hydrogen (secondary N) is 1. The van der Waals surface area contributed by atoms with Gasteiger partial charge in [0.1, 0.15) is 22.3 Å². The number of hydrogen-bond donors (Lipinski definition) is 1. The van der Waals surface area contributed by atoms with Crippen LogP contribution in [0.4, 0.5) is 5.69 Å². The van der Waals surface area contributed by atoms with Gasteiger partial charge in [-0.15, -0.1) is 0 Å². The molecule has 5 aromatic carbocycles. The molecule has 0 spiro atoms. The summed E-state index contributed by atoms with van der Waals surface area (Å²) in [6.07, 6.45) is 4.63. The van der Waals surface area contributed by atoms with E-state index in [0.717, 1.165) is 57.2 Å². The minimum atomic E-state index is 0.391. The summed E-state index contributed by atoms with van der Waals surface area (Å²) in [5, 5.41) is 8.69. The fourth-order valence-corrected chi connectivity index (χ4v) is 6.67. The molecule has 1 fully saturated rings. The lowest BCUT2D eigenvalue weighted by Crippen LogP contribution is -2.26. The smallest absolute Gasteiger partial charge is 0.143 e. The zero-order valence-electron chi connectivity index (χ0n) is 21.7. The number of fused-ring (bicyclic) bond motifs is 6. The van der Waals surface area contributed by atoms with Crippen LogP contribution in [-0.2, 0) is 0 Å². The summed E-state index contributed by atoms with van der Waals surface area (Å²) in [4.78, 5) is 0. The van der Waals surface area contributed by atoms with Crippen molar-refractivity contribution in [2.45, 2.75) is 37.6 Å². The van der Waals surface area contributed by atoms with Crippen LogP contribution in [0.25, 0.3) is 55.0 Å². The Morgan fingerprint density at radius 1 is 0.590 bits per heavy atom. The van der Waals surface area contributed by atoms with E-state index in [1.807, 2.05) is 6.07 Å². The molecule has 0 radical (unpaired) electrons. The Morgan fingerprint density at radius 3 is 2.10 bits per heavy atom. The van der Waals surface area contributed by atoms with Crippen molar-refractivity contribution in [2.24, 2.45) is 0 Å². The second-order valence-corrected chi connectivity index (χ2v) is 10.9. The van der Waals surface area contributed by atoms with Crippen molar-refractivity contribution in [3.63, 3.8) is 0 Å². The summed E-state index contributed by atoms with van der Waals surface area (Å²) in [5.41, 5.74) is 8.71. The second kappa shape index (κ2) is 9.06. The molecule has 1 N–H and O–H groups in total. The molecular formula is C36H29NO2. The van der Waals surface area contributed by atoms with E-state index in [4.69, 9.17) is 8.83 Å². The van der Waals surface area contributed by atoms with Gasteiger partial charge in [-0.05, 0) is 60.6 Å². The maximum Gasteiger partial charge on any atom is 0.143 e. The van der Waals surface area contributed by atoms with Gasteiger partial charge < -0.3 is 14.2 Å². The minimum absolute atomic E-state index is 0.391. The summed E-state index contributed by atoms with van der Waals surface area (Å²) in [6.45, 7) is 0. The average molecular weight is 508 g/mol. The predicted octanol–water partition coefficient (Wildman–Crippen LogP) is 10.3. The lowest BCUT2D eigenvalue weighted by molar-refractivity contribution is 0.410.